The highest BCUT2D eigenvalue weighted by molar-refractivity contribution is 5.02. The SMILES string of the molecule is CC(C)CC1(O)CCN2CCCC21. The fourth-order valence-corrected chi connectivity index (χ4v) is 3.15. The number of rotatable bonds is 2. The van der Waals surface area contributed by atoms with E-state index in [1.165, 1.54) is 19.4 Å². The van der Waals surface area contributed by atoms with E-state index in [4.69, 9.17) is 0 Å². The van der Waals surface area contributed by atoms with Crippen LogP contribution in [-0.4, -0.2) is 34.7 Å². The average Bonchev–Trinajstić information content (AvgIpc) is 2.54. The second-order valence-electron chi connectivity index (χ2n) is 5.15. The number of hydrogen-bond acceptors (Lipinski definition) is 2. The summed E-state index contributed by atoms with van der Waals surface area (Å²) < 4.78 is 0. The predicted molar refractivity (Wildman–Crippen MR) is 53.6 cm³/mol. The van der Waals surface area contributed by atoms with E-state index in [2.05, 4.69) is 18.7 Å². The quantitative estimate of drug-likeness (QED) is 0.703. The van der Waals surface area contributed by atoms with Gasteiger partial charge in [0.15, 0.2) is 0 Å². The lowest BCUT2D eigenvalue weighted by Gasteiger charge is -2.31. The second-order valence-corrected chi connectivity index (χ2v) is 5.15. The van der Waals surface area contributed by atoms with Crippen molar-refractivity contribution in [2.45, 2.75) is 51.2 Å². The molecule has 0 amide bonds. The maximum Gasteiger partial charge on any atom is 0.0816 e. The zero-order valence-corrected chi connectivity index (χ0v) is 8.79. The summed E-state index contributed by atoms with van der Waals surface area (Å²) in [7, 11) is 0. The molecule has 2 unspecified atom stereocenters. The Labute approximate surface area is 80.9 Å². The van der Waals surface area contributed by atoms with Crippen LogP contribution < -0.4 is 0 Å². The molecule has 76 valence electrons. The molecule has 2 heteroatoms. The summed E-state index contributed by atoms with van der Waals surface area (Å²) in [5.41, 5.74) is -0.356. The number of hydrogen-bond donors (Lipinski definition) is 1. The molecule has 2 heterocycles. The van der Waals surface area contributed by atoms with Crippen LogP contribution >= 0.6 is 0 Å². The van der Waals surface area contributed by atoms with Gasteiger partial charge in [-0.25, -0.2) is 0 Å². The summed E-state index contributed by atoms with van der Waals surface area (Å²) in [6, 6.07) is 0.481. The highest BCUT2D eigenvalue weighted by Crippen LogP contribution is 2.39. The monoisotopic (exact) mass is 183 g/mol. The third-order valence-electron chi connectivity index (χ3n) is 3.58. The Morgan fingerprint density at radius 2 is 2.23 bits per heavy atom. The van der Waals surface area contributed by atoms with Gasteiger partial charge in [-0.2, -0.15) is 0 Å². The number of fused-ring (bicyclic) bond motifs is 1. The molecule has 2 rings (SSSR count). The zero-order chi connectivity index (χ0) is 9.47. The van der Waals surface area contributed by atoms with E-state index in [9.17, 15) is 5.11 Å². The molecule has 0 aromatic rings. The minimum atomic E-state index is -0.356. The van der Waals surface area contributed by atoms with Crippen LogP contribution in [0.3, 0.4) is 0 Å². The molecule has 2 saturated heterocycles. The van der Waals surface area contributed by atoms with Gasteiger partial charge in [0.2, 0.25) is 0 Å². The smallest absolute Gasteiger partial charge is 0.0816 e. The molecule has 0 aromatic heterocycles. The third-order valence-corrected chi connectivity index (χ3v) is 3.58. The summed E-state index contributed by atoms with van der Waals surface area (Å²) in [6.07, 6.45) is 4.47. The first-order valence-electron chi connectivity index (χ1n) is 5.58. The van der Waals surface area contributed by atoms with E-state index in [-0.39, 0.29) is 5.60 Å². The summed E-state index contributed by atoms with van der Waals surface area (Å²) in [4.78, 5) is 2.47. The van der Waals surface area contributed by atoms with Crippen molar-refractivity contribution in [1.82, 2.24) is 4.90 Å². The Bertz CT molecular complexity index is 193. The molecule has 0 saturated carbocycles. The molecule has 0 spiro atoms. The predicted octanol–water partition coefficient (Wildman–Crippen LogP) is 1.63. The number of aliphatic hydroxyl groups is 1. The second kappa shape index (κ2) is 3.25. The molecule has 2 fully saturated rings. The minimum absolute atomic E-state index is 0.356. The van der Waals surface area contributed by atoms with Gasteiger partial charge in [-0.05, 0) is 38.1 Å². The van der Waals surface area contributed by atoms with Crippen molar-refractivity contribution >= 4 is 0 Å². The lowest BCUT2D eigenvalue weighted by atomic mass is 9.85. The summed E-state index contributed by atoms with van der Waals surface area (Å²) in [6.45, 7) is 6.74. The van der Waals surface area contributed by atoms with Crippen molar-refractivity contribution in [1.29, 1.82) is 0 Å². The lowest BCUT2D eigenvalue weighted by molar-refractivity contribution is -0.00450. The van der Waals surface area contributed by atoms with Crippen LogP contribution in [0.1, 0.15) is 39.5 Å². The first-order valence-corrected chi connectivity index (χ1v) is 5.58. The molecule has 2 atom stereocenters. The Morgan fingerprint density at radius 1 is 1.46 bits per heavy atom. The van der Waals surface area contributed by atoms with E-state index in [0.717, 1.165) is 19.4 Å². The van der Waals surface area contributed by atoms with Crippen LogP contribution in [0, 0.1) is 5.92 Å². The summed E-state index contributed by atoms with van der Waals surface area (Å²) in [5.74, 6) is 0.616. The van der Waals surface area contributed by atoms with Crippen molar-refractivity contribution in [2.24, 2.45) is 5.92 Å². The van der Waals surface area contributed by atoms with E-state index in [1.54, 1.807) is 0 Å². The molecule has 0 bridgehead atoms. The topological polar surface area (TPSA) is 23.5 Å². The van der Waals surface area contributed by atoms with Gasteiger partial charge in [0, 0.05) is 12.6 Å². The summed E-state index contributed by atoms with van der Waals surface area (Å²) in [5, 5.41) is 10.5. The Balaban J connectivity index is 2.05. The van der Waals surface area contributed by atoms with Crippen LogP contribution in [-0.2, 0) is 0 Å². The average molecular weight is 183 g/mol. The molecular formula is C11H21NO. The van der Waals surface area contributed by atoms with Crippen LogP contribution in [0.2, 0.25) is 0 Å². The molecule has 2 aliphatic heterocycles. The fourth-order valence-electron chi connectivity index (χ4n) is 3.15. The highest BCUT2D eigenvalue weighted by atomic mass is 16.3. The molecule has 13 heavy (non-hydrogen) atoms. The van der Waals surface area contributed by atoms with E-state index in [0.29, 0.717) is 12.0 Å². The van der Waals surface area contributed by atoms with Gasteiger partial charge in [0.05, 0.1) is 5.60 Å². The Kier molecular flexibility index (Phi) is 2.37. The van der Waals surface area contributed by atoms with Crippen molar-refractivity contribution in [3.63, 3.8) is 0 Å². The lowest BCUT2D eigenvalue weighted by Crippen LogP contribution is -2.42. The highest BCUT2D eigenvalue weighted by Gasteiger charge is 2.47. The molecule has 2 aliphatic rings. The van der Waals surface area contributed by atoms with Crippen LogP contribution in [0.5, 0.6) is 0 Å². The van der Waals surface area contributed by atoms with Gasteiger partial charge in [0.25, 0.3) is 0 Å². The van der Waals surface area contributed by atoms with Gasteiger partial charge in [-0.3, -0.25) is 4.90 Å². The van der Waals surface area contributed by atoms with Crippen LogP contribution in [0.15, 0.2) is 0 Å². The molecule has 2 nitrogen and oxygen atoms in total. The van der Waals surface area contributed by atoms with Crippen LogP contribution in [0.4, 0.5) is 0 Å². The minimum Gasteiger partial charge on any atom is -0.388 e. The largest absolute Gasteiger partial charge is 0.388 e. The van der Waals surface area contributed by atoms with Gasteiger partial charge in [-0.15, -0.1) is 0 Å². The molecule has 0 radical (unpaired) electrons. The first-order chi connectivity index (χ1) is 6.12. The van der Waals surface area contributed by atoms with Crippen molar-refractivity contribution in [3.8, 4) is 0 Å². The van der Waals surface area contributed by atoms with E-state index < -0.39 is 0 Å². The molecule has 0 aromatic carbocycles. The van der Waals surface area contributed by atoms with E-state index >= 15 is 0 Å². The van der Waals surface area contributed by atoms with Gasteiger partial charge in [-0.1, -0.05) is 13.8 Å². The van der Waals surface area contributed by atoms with Crippen molar-refractivity contribution < 1.29 is 5.11 Å². The number of nitrogens with zero attached hydrogens (tertiary/aromatic N) is 1. The fraction of sp³-hybridized carbons (Fsp3) is 1.00. The maximum atomic E-state index is 10.5. The third kappa shape index (κ3) is 1.62. The van der Waals surface area contributed by atoms with Crippen molar-refractivity contribution in [3.05, 3.63) is 0 Å². The van der Waals surface area contributed by atoms with Crippen molar-refractivity contribution in [2.75, 3.05) is 13.1 Å². The Hall–Kier alpha value is -0.0800. The Morgan fingerprint density at radius 3 is 2.92 bits per heavy atom. The van der Waals surface area contributed by atoms with Gasteiger partial charge < -0.3 is 5.11 Å². The van der Waals surface area contributed by atoms with Gasteiger partial charge >= 0.3 is 0 Å². The molecule has 0 aliphatic carbocycles. The molecule has 1 N–H and O–H groups in total. The normalized spacial score (nSPS) is 40.2. The van der Waals surface area contributed by atoms with Gasteiger partial charge in [0.1, 0.15) is 0 Å². The molecular weight excluding hydrogens is 162 g/mol. The van der Waals surface area contributed by atoms with E-state index in [1.807, 2.05) is 0 Å². The maximum absolute atomic E-state index is 10.5. The standard InChI is InChI=1S/C11H21NO/c1-9(2)8-11(13)5-7-12-6-3-4-10(11)12/h9-10,13H,3-8H2,1-2H3. The van der Waals surface area contributed by atoms with Crippen LogP contribution in [0.25, 0.3) is 0 Å². The first kappa shape index (κ1) is 9.47. The summed E-state index contributed by atoms with van der Waals surface area (Å²) >= 11 is 0. The zero-order valence-electron chi connectivity index (χ0n) is 8.79.